The fourth-order valence-electron chi connectivity index (χ4n) is 3.34. The van der Waals surface area contributed by atoms with Gasteiger partial charge in [0, 0.05) is 30.2 Å². The van der Waals surface area contributed by atoms with Crippen LogP contribution in [-0.4, -0.2) is 30.1 Å². The first kappa shape index (κ1) is 20.3. The first-order chi connectivity index (χ1) is 13.6. The van der Waals surface area contributed by atoms with Crippen molar-refractivity contribution < 1.29 is 14.7 Å². The normalized spacial score (nSPS) is 14.0. The lowest BCUT2D eigenvalue weighted by atomic mass is 10.1. The van der Waals surface area contributed by atoms with Crippen molar-refractivity contribution in [2.45, 2.75) is 43.3 Å². The van der Waals surface area contributed by atoms with Gasteiger partial charge in [0.15, 0.2) is 0 Å². The highest BCUT2D eigenvalue weighted by Gasteiger charge is 2.16. The SMILES string of the molecule is CCC(=O)Nc1ccc(CSc2ccccc2N2CCCCC2)cc1C(=O)O. The van der Waals surface area contributed by atoms with Crippen LogP contribution in [0.1, 0.15) is 48.5 Å². The molecule has 2 aromatic rings. The van der Waals surface area contributed by atoms with Crippen LogP contribution in [0.4, 0.5) is 11.4 Å². The molecule has 1 saturated heterocycles. The smallest absolute Gasteiger partial charge is 0.337 e. The second kappa shape index (κ2) is 9.64. The number of carbonyl (C=O) groups excluding carboxylic acids is 1. The second-order valence-electron chi connectivity index (χ2n) is 6.89. The van der Waals surface area contributed by atoms with Gasteiger partial charge in [0.05, 0.1) is 16.9 Å². The van der Waals surface area contributed by atoms with Gasteiger partial charge in [-0.15, -0.1) is 11.8 Å². The molecule has 1 heterocycles. The van der Waals surface area contributed by atoms with E-state index < -0.39 is 5.97 Å². The van der Waals surface area contributed by atoms with Crippen molar-refractivity contribution >= 4 is 35.0 Å². The van der Waals surface area contributed by atoms with Crippen LogP contribution in [0, 0.1) is 0 Å². The average Bonchev–Trinajstić information content (AvgIpc) is 2.73. The molecule has 0 atom stereocenters. The molecule has 2 aromatic carbocycles. The van der Waals surface area contributed by atoms with Gasteiger partial charge in [-0.05, 0) is 49.1 Å². The number of hydrogen-bond acceptors (Lipinski definition) is 4. The van der Waals surface area contributed by atoms with Crippen LogP contribution in [0.15, 0.2) is 47.4 Å². The molecular formula is C22H26N2O3S. The molecule has 148 valence electrons. The minimum atomic E-state index is -1.04. The molecule has 0 saturated carbocycles. The number of nitrogens with one attached hydrogen (secondary N) is 1. The Balaban J connectivity index is 1.75. The van der Waals surface area contributed by atoms with Crippen LogP contribution >= 0.6 is 11.8 Å². The van der Waals surface area contributed by atoms with Gasteiger partial charge in [0.25, 0.3) is 0 Å². The monoisotopic (exact) mass is 398 g/mol. The van der Waals surface area contributed by atoms with Crippen molar-refractivity contribution in [3.63, 3.8) is 0 Å². The summed E-state index contributed by atoms with van der Waals surface area (Å²) in [5.41, 5.74) is 2.66. The maximum absolute atomic E-state index is 11.6. The molecule has 1 aliphatic rings. The molecule has 0 aromatic heterocycles. The predicted molar refractivity (Wildman–Crippen MR) is 114 cm³/mol. The van der Waals surface area contributed by atoms with E-state index in [0.717, 1.165) is 18.7 Å². The third-order valence-electron chi connectivity index (χ3n) is 4.87. The maximum atomic E-state index is 11.6. The lowest BCUT2D eigenvalue weighted by Crippen LogP contribution is -2.29. The molecule has 1 amide bonds. The van der Waals surface area contributed by atoms with Crippen LogP contribution in [-0.2, 0) is 10.5 Å². The van der Waals surface area contributed by atoms with Crippen molar-refractivity contribution in [3.05, 3.63) is 53.6 Å². The molecular weight excluding hydrogens is 372 g/mol. The van der Waals surface area contributed by atoms with Crippen molar-refractivity contribution in [3.8, 4) is 0 Å². The lowest BCUT2D eigenvalue weighted by molar-refractivity contribution is -0.115. The number of carboxylic acid groups (broad SMARTS) is 1. The highest BCUT2D eigenvalue weighted by Crippen LogP contribution is 2.34. The number of piperidine rings is 1. The largest absolute Gasteiger partial charge is 0.478 e. The molecule has 28 heavy (non-hydrogen) atoms. The van der Waals surface area contributed by atoms with Gasteiger partial charge in [-0.1, -0.05) is 25.1 Å². The Hall–Kier alpha value is -2.47. The van der Waals surface area contributed by atoms with Crippen LogP contribution in [0.3, 0.4) is 0 Å². The zero-order chi connectivity index (χ0) is 19.9. The van der Waals surface area contributed by atoms with Crippen molar-refractivity contribution in [2.75, 3.05) is 23.3 Å². The Morgan fingerprint density at radius 1 is 1.11 bits per heavy atom. The minimum absolute atomic E-state index is 0.129. The van der Waals surface area contributed by atoms with Gasteiger partial charge in [-0.3, -0.25) is 4.79 Å². The number of nitrogens with zero attached hydrogens (tertiary/aromatic N) is 1. The van der Waals surface area contributed by atoms with Crippen LogP contribution < -0.4 is 10.2 Å². The molecule has 0 bridgehead atoms. The zero-order valence-electron chi connectivity index (χ0n) is 16.1. The van der Waals surface area contributed by atoms with Crippen LogP contribution in [0.2, 0.25) is 0 Å². The maximum Gasteiger partial charge on any atom is 0.337 e. The summed E-state index contributed by atoms with van der Waals surface area (Å²) in [6, 6.07) is 13.6. The molecule has 1 aliphatic heterocycles. The standard InChI is InChI=1S/C22H26N2O3S/c1-2-21(25)23-18-11-10-16(14-17(18)22(26)27)15-28-20-9-5-4-8-19(20)24-12-6-3-7-13-24/h4-5,8-11,14H,2-3,6-7,12-13,15H2,1H3,(H,23,25)(H,26,27). The molecule has 0 spiro atoms. The average molecular weight is 399 g/mol. The first-order valence-corrected chi connectivity index (χ1v) is 10.7. The number of benzene rings is 2. The molecule has 6 heteroatoms. The van der Waals surface area contributed by atoms with Crippen molar-refractivity contribution in [2.24, 2.45) is 0 Å². The summed E-state index contributed by atoms with van der Waals surface area (Å²) < 4.78 is 0. The lowest BCUT2D eigenvalue weighted by Gasteiger charge is -2.30. The number of para-hydroxylation sites is 1. The Bertz CT molecular complexity index is 847. The number of hydrogen-bond donors (Lipinski definition) is 2. The van der Waals surface area contributed by atoms with E-state index in [9.17, 15) is 14.7 Å². The Kier molecular flexibility index (Phi) is 6.98. The van der Waals surface area contributed by atoms with E-state index in [1.54, 1.807) is 30.8 Å². The van der Waals surface area contributed by atoms with Gasteiger partial charge in [0.1, 0.15) is 0 Å². The fraction of sp³-hybridized carbons (Fsp3) is 0.364. The Labute approximate surface area is 170 Å². The number of aromatic carboxylic acids is 1. The number of anilines is 2. The summed E-state index contributed by atoms with van der Waals surface area (Å²) in [6.07, 6.45) is 4.06. The number of rotatable bonds is 7. The fourth-order valence-corrected chi connectivity index (χ4v) is 4.36. The van der Waals surface area contributed by atoms with E-state index in [2.05, 4.69) is 28.4 Å². The summed E-state index contributed by atoms with van der Waals surface area (Å²) in [4.78, 5) is 26.9. The number of amides is 1. The van der Waals surface area contributed by atoms with Gasteiger partial charge < -0.3 is 15.3 Å². The molecule has 0 unspecified atom stereocenters. The first-order valence-electron chi connectivity index (χ1n) is 9.71. The number of carbonyl (C=O) groups is 2. The third-order valence-corrected chi connectivity index (χ3v) is 6.00. The Morgan fingerprint density at radius 2 is 1.86 bits per heavy atom. The van der Waals surface area contributed by atoms with Crippen molar-refractivity contribution in [1.29, 1.82) is 0 Å². The highest BCUT2D eigenvalue weighted by molar-refractivity contribution is 7.98. The third kappa shape index (κ3) is 5.07. The molecule has 0 radical (unpaired) electrons. The molecule has 5 nitrogen and oxygen atoms in total. The minimum Gasteiger partial charge on any atom is -0.478 e. The van der Waals surface area contributed by atoms with E-state index in [0.29, 0.717) is 17.9 Å². The summed E-state index contributed by atoms with van der Waals surface area (Å²) in [6.45, 7) is 3.92. The second-order valence-corrected chi connectivity index (χ2v) is 7.91. The number of thioether (sulfide) groups is 1. The summed E-state index contributed by atoms with van der Waals surface area (Å²) in [5.74, 6) is -0.556. The summed E-state index contributed by atoms with van der Waals surface area (Å²) in [7, 11) is 0. The molecule has 1 fully saturated rings. The van der Waals surface area contributed by atoms with Gasteiger partial charge in [0.2, 0.25) is 5.91 Å². The molecule has 3 rings (SSSR count). The van der Waals surface area contributed by atoms with E-state index >= 15 is 0 Å². The van der Waals surface area contributed by atoms with Crippen molar-refractivity contribution in [1.82, 2.24) is 0 Å². The van der Waals surface area contributed by atoms with E-state index in [-0.39, 0.29) is 11.5 Å². The van der Waals surface area contributed by atoms with E-state index in [1.807, 2.05) is 12.1 Å². The van der Waals surface area contributed by atoms with E-state index in [4.69, 9.17) is 0 Å². The number of carboxylic acids is 1. The quantitative estimate of drug-likeness (QED) is 0.641. The Morgan fingerprint density at radius 3 is 2.57 bits per heavy atom. The van der Waals surface area contributed by atoms with Crippen LogP contribution in [0.25, 0.3) is 0 Å². The van der Waals surface area contributed by atoms with Gasteiger partial charge in [-0.25, -0.2) is 4.79 Å². The zero-order valence-corrected chi connectivity index (χ0v) is 16.9. The van der Waals surface area contributed by atoms with Crippen LogP contribution in [0.5, 0.6) is 0 Å². The molecule has 2 N–H and O–H groups in total. The van der Waals surface area contributed by atoms with Gasteiger partial charge in [-0.2, -0.15) is 0 Å². The summed E-state index contributed by atoms with van der Waals surface area (Å²) in [5, 5.41) is 12.2. The topological polar surface area (TPSA) is 69.6 Å². The predicted octanol–water partition coefficient (Wildman–Crippen LogP) is 5.02. The van der Waals surface area contributed by atoms with Gasteiger partial charge >= 0.3 is 5.97 Å². The molecule has 0 aliphatic carbocycles. The summed E-state index contributed by atoms with van der Waals surface area (Å²) >= 11 is 1.72. The van der Waals surface area contributed by atoms with E-state index in [1.165, 1.54) is 29.8 Å². The highest BCUT2D eigenvalue weighted by atomic mass is 32.2.